The Labute approximate surface area is 185 Å². The van der Waals surface area contributed by atoms with Crippen molar-refractivity contribution >= 4 is 49.1 Å². The van der Waals surface area contributed by atoms with Crippen molar-refractivity contribution in [2.24, 2.45) is 0 Å². The molecule has 0 saturated carbocycles. The Hall–Kier alpha value is -2.15. The molecule has 0 aliphatic heterocycles. The highest BCUT2D eigenvalue weighted by Crippen LogP contribution is 2.36. The van der Waals surface area contributed by atoms with Crippen LogP contribution >= 0.6 is 38.9 Å². The van der Waals surface area contributed by atoms with Crippen molar-refractivity contribution in [3.8, 4) is 16.9 Å². The molecule has 0 fully saturated rings. The van der Waals surface area contributed by atoms with Crippen LogP contribution in [0.4, 0.5) is 0 Å². The molecule has 4 nitrogen and oxygen atoms in total. The van der Waals surface area contributed by atoms with Crippen molar-refractivity contribution in [1.82, 2.24) is 9.55 Å². The Morgan fingerprint density at radius 2 is 1.86 bits per heavy atom. The molecule has 0 aliphatic rings. The van der Waals surface area contributed by atoms with E-state index in [0.717, 1.165) is 32.6 Å². The van der Waals surface area contributed by atoms with E-state index in [2.05, 4.69) is 27.8 Å². The van der Waals surface area contributed by atoms with E-state index in [9.17, 15) is 4.79 Å². The van der Waals surface area contributed by atoms with Crippen molar-refractivity contribution in [2.45, 2.75) is 19.9 Å². The first kappa shape index (κ1) is 20.1. The van der Waals surface area contributed by atoms with Crippen LogP contribution in [-0.4, -0.2) is 16.2 Å². The largest absolute Gasteiger partial charge is 0.492 e. The van der Waals surface area contributed by atoms with Gasteiger partial charge < -0.3 is 4.74 Å². The number of hydrogen-bond donors (Lipinski definition) is 0. The third-order valence-electron chi connectivity index (χ3n) is 4.62. The Morgan fingerprint density at radius 3 is 2.55 bits per heavy atom. The summed E-state index contributed by atoms with van der Waals surface area (Å²) in [6.45, 7) is 2.89. The summed E-state index contributed by atoms with van der Waals surface area (Å²) in [6.07, 6.45) is 2.46. The molecule has 0 bridgehead atoms. The first-order valence-corrected chi connectivity index (χ1v) is 11.2. The molecule has 4 rings (SSSR count). The van der Waals surface area contributed by atoms with Gasteiger partial charge in [0.25, 0.3) is 5.56 Å². The Balaban J connectivity index is 1.67. The smallest absolute Gasteiger partial charge is 0.262 e. The van der Waals surface area contributed by atoms with Gasteiger partial charge in [-0.1, -0.05) is 46.6 Å². The highest BCUT2D eigenvalue weighted by Gasteiger charge is 2.18. The number of ether oxygens (including phenoxy) is 1. The molecule has 0 unspecified atom stereocenters. The van der Waals surface area contributed by atoms with Crippen LogP contribution in [-0.2, 0) is 13.0 Å². The Kier molecular flexibility index (Phi) is 6.04. The van der Waals surface area contributed by atoms with Gasteiger partial charge in [-0.15, -0.1) is 11.3 Å². The number of fused-ring (bicyclic) bond motifs is 1. The molecule has 2 aromatic carbocycles. The summed E-state index contributed by atoms with van der Waals surface area (Å²) < 4.78 is 8.36. The summed E-state index contributed by atoms with van der Waals surface area (Å²) in [5, 5.41) is 1.34. The van der Waals surface area contributed by atoms with Crippen molar-refractivity contribution in [3.63, 3.8) is 0 Å². The second-order valence-electron chi connectivity index (χ2n) is 6.49. The standard InChI is InChI=1S/C22H18BrClN2O2S/c1-2-18-19(14-3-5-15(23)6-4-14)20-21(29-18)25-13-26(22(20)27)11-12-28-17-9-7-16(24)8-10-17/h3-10,13H,2,11-12H2,1H3. The lowest BCUT2D eigenvalue weighted by molar-refractivity contribution is 0.296. The molecule has 2 aromatic heterocycles. The Morgan fingerprint density at radius 1 is 1.14 bits per heavy atom. The maximum Gasteiger partial charge on any atom is 0.262 e. The van der Waals surface area contributed by atoms with E-state index < -0.39 is 0 Å². The van der Waals surface area contributed by atoms with E-state index in [-0.39, 0.29) is 5.56 Å². The average Bonchev–Trinajstić information content (AvgIpc) is 3.11. The van der Waals surface area contributed by atoms with E-state index in [1.165, 1.54) is 4.88 Å². The van der Waals surface area contributed by atoms with Crippen LogP contribution < -0.4 is 10.3 Å². The zero-order valence-electron chi connectivity index (χ0n) is 15.7. The van der Waals surface area contributed by atoms with E-state index in [4.69, 9.17) is 16.3 Å². The van der Waals surface area contributed by atoms with Crippen LogP contribution in [0.2, 0.25) is 5.02 Å². The lowest BCUT2D eigenvalue weighted by atomic mass is 10.0. The first-order chi connectivity index (χ1) is 14.1. The predicted octanol–water partition coefficient (Wildman–Crippen LogP) is 6.18. The number of thiophene rings is 1. The van der Waals surface area contributed by atoms with Gasteiger partial charge >= 0.3 is 0 Å². The summed E-state index contributed by atoms with van der Waals surface area (Å²) >= 11 is 11.0. The molecule has 2 heterocycles. The fourth-order valence-electron chi connectivity index (χ4n) is 3.20. The monoisotopic (exact) mass is 488 g/mol. The molecule has 0 spiro atoms. The van der Waals surface area contributed by atoms with Gasteiger partial charge in [0.1, 0.15) is 17.2 Å². The molecule has 0 radical (unpaired) electrons. The molecule has 0 aliphatic carbocycles. The van der Waals surface area contributed by atoms with E-state index in [1.54, 1.807) is 34.4 Å². The number of benzene rings is 2. The number of aromatic nitrogens is 2. The van der Waals surface area contributed by atoms with Crippen molar-refractivity contribution in [1.29, 1.82) is 0 Å². The van der Waals surface area contributed by atoms with Gasteiger partial charge in [0.05, 0.1) is 18.3 Å². The lowest BCUT2D eigenvalue weighted by Gasteiger charge is -2.09. The molecule has 148 valence electrons. The molecule has 0 amide bonds. The fraction of sp³-hybridized carbons (Fsp3) is 0.182. The van der Waals surface area contributed by atoms with Crippen LogP contribution in [0.3, 0.4) is 0 Å². The van der Waals surface area contributed by atoms with Crippen molar-refractivity contribution < 1.29 is 4.74 Å². The summed E-state index contributed by atoms with van der Waals surface area (Å²) in [4.78, 5) is 19.8. The Bertz CT molecular complexity index is 1200. The second-order valence-corrected chi connectivity index (χ2v) is 8.92. The highest BCUT2D eigenvalue weighted by atomic mass is 79.9. The van der Waals surface area contributed by atoms with Gasteiger partial charge in [0, 0.05) is 19.9 Å². The van der Waals surface area contributed by atoms with Gasteiger partial charge in [0.15, 0.2) is 0 Å². The van der Waals surface area contributed by atoms with Gasteiger partial charge in [-0.2, -0.15) is 0 Å². The number of nitrogens with zero attached hydrogens (tertiary/aromatic N) is 2. The normalized spacial score (nSPS) is 11.1. The fourth-order valence-corrected chi connectivity index (χ4v) is 4.68. The van der Waals surface area contributed by atoms with Gasteiger partial charge in [-0.05, 0) is 48.4 Å². The molecular weight excluding hydrogens is 472 g/mol. The van der Waals surface area contributed by atoms with Crippen LogP contribution in [0.1, 0.15) is 11.8 Å². The quantitative estimate of drug-likeness (QED) is 0.325. The molecule has 7 heteroatoms. The number of halogens is 2. The van der Waals surface area contributed by atoms with Crippen LogP contribution in [0.25, 0.3) is 21.3 Å². The summed E-state index contributed by atoms with van der Waals surface area (Å²) in [7, 11) is 0. The molecular formula is C22H18BrClN2O2S. The van der Waals surface area contributed by atoms with Gasteiger partial charge in [0.2, 0.25) is 0 Å². The minimum absolute atomic E-state index is 0.0384. The second kappa shape index (κ2) is 8.69. The van der Waals surface area contributed by atoms with Crippen molar-refractivity contribution in [2.75, 3.05) is 6.61 Å². The number of rotatable bonds is 6. The predicted molar refractivity (Wildman–Crippen MR) is 123 cm³/mol. The molecule has 0 N–H and O–H groups in total. The number of aryl methyl sites for hydroxylation is 1. The van der Waals surface area contributed by atoms with E-state index >= 15 is 0 Å². The molecule has 4 aromatic rings. The minimum Gasteiger partial charge on any atom is -0.492 e. The van der Waals surface area contributed by atoms with Gasteiger partial charge in [-0.25, -0.2) is 4.98 Å². The summed E-state index contributed by atoms with van der Waals surface area (Å²) in [5.41, 5.74) is 1.99. The third kappa shape index (κ3) is 4.25. The topological polar surface area (TPSA) is 44.1 Å². The van der Waals surface area contributed by atoms with Crippen LogP contribution in [0.15, 0.2) is 64.1 Å². The maximum atomic E-state index is 13.3. The summed E-state index contributed by atoms with van der Waals surface area (Å²) in [5.74, 6) is 0.718. The zero-order valence-corrected chi connectivity index (χ0v) is 18.9. The number of hydrogen-bond acceptors (Lipinski definition) is 4. The molecule has 29 heavy (non-hydrogen) atoms. The highest BCUT2D eigenvalue weighted by molar-refractivity contribution is 9.10. The average molecular weight is 490 g/mol. The first-order valence-electron chi connectivity index (χ1n) is 9.22. The van der Waals surface area contributed by atoms with Gasteiger partial charge in [-0.3, -0.25) is 9.36 Å². The zero-order chi connectivity index (χ0) is 20.4. The van der Waals surface area contributed by atoms with E-state index in [1.807, 2.05) is 36.4 Å². The molecule has 0 saturated heterocycles. The van der Waals surface area contributed by atoms with Crippen LogP contribution in [0, 0.1) is 0 Å². The maximum absolute atomic E-state index is 13.3. The summed E-state index contributed by atoms with van der Waals surface area (Å²) in [6, 6.07) is 15.2. The third-order valence-corrected chi connectivity index (χ3v) is 6.64. The molecule has 0 atom stereocenters. The van der Waals surface area contributed by atoms with Crippen LogP contribution in [0.5, 0.6) is 5.75 Å². The lowest BCUT2D eigenvalue weighted by Crippen LogP contribution is -2.23. The van der Waals surface area contributed by atoms with E-state index in [0.29, 0.717) is 23.6 Å². The minimum atomic E-state index is -0.0384. The van der Waals surface area contributed by atoms with Crippen molar-refractivity contribution in [3.05, 3.63) is 79.6 Å². The SMILES string of the molecule is CCc1sc2ncn(CCOc3ccc(Cl)cc3)c(=O)c2c1-c1ccc(Br)cc1.